The predicted octanol–water partition coefficient (Wildman–Crippen LogP) is 3.39. The first-order valence-corrected chi connectivity index (χ1v) is 9.78. The van der Waals surface area contributed by atoms with E-state index in [1.54, 1.807) is 25.7 Å². The zero-order chi connectivity index (χ0) is 20.2. The molecule has 3 heterocycles. The zero-order valence-electron chi connectivity index (χ0n) is 16.7. The lowest BCUT2D eigenvalue weighted by atomic mass is 9.98. The Morgan fingerprint density at radius 2 is 2.14 bits per heavy atom. The van der Waals surface area contributed by atoms with Crippen LogP contribution in [0.25, 0.3) is 0 Å². The molecule has 7 heteroatoms. The third-order valence-corrected chi connectivity index (χ3v) is 5.14. The van der Waals surface area contributed by atoms with E-state index in [-0.39, 0.29) is 11.8 Å². The fourth-order valence-electron chi connectivity index (χ4n) is 3.60. The lowest BCUT2D eigenvalue weighted by Crippen LogP contribution is -2.39. The van der Waals surface area contributed by atoms with Crippen LogP contribution in [-0.4, -0.2) is 46.0 Å². The van der Waals surface area contributed by atoms with Gasteiger partial charge in [0.1, 0.15) is 17.2 Å². The molecule has 0 aliphatic carbocycles. The highest BCUT2D eigenvalue weighted by Gasteiger charge is 2.29. The number of methoxy groups -OCH3 is 1. The Kier molecular flexibility index (Phi) is 5.55. The zero-order valence-corrected chi connectivity index (χ0v) is 16.7. The number of carbonyl (C=O) groups excluding carboxylic acids is 1. The molecule has 1 saturated heterocycles. The van der Waals surface area contributed by atoms with E-state index < -0.39 is 0 Å². The Morgan fingerprint density at radius 3 is 2.93 bits per heavy atom. The minimum Gasteiger partial charge on any atom is -0.497 e. The second-order valence-corrected chi connectivity index (χ2v) is 7.33. The molecule has 3 aromatic rings. The largest absolute Gasteiger partial charge is 0.497 e. The van der Waals surface area contributed by atoms with Gasteiger partial charge in [0.15, 0.2) is 5.89 Å². The molecule has 1 fully saturated rings. The number of nitrogens with zero attached hydrogens (tertiary/aromatic N) is 4. The number of hydrogen-bond acceptors (Lipinski definition) is 6. The van der Waals surface area contributed by atoms with Gasteiger partial charge in [-0.1, -0.05) is 12.1 Å². The summed E-state index contributed by atoms with van der Waals surface area (Å²) >= 11 is 0. The first-order chi connectivity index (χ1) is 14.1. The van der Waals surface area contributed by atoms with Gasteiger partial charge < -0.3 is 14.1 Å². The first kappa shape index (κ1) is 19.1. The number of aryl methyl sites for hydroxylation is 1. The molecular weight excluding hydrogens is 368 g/mol. The number of benzene rings is 1. The van der Waals surface area contributed by atoms with Crippen LogP contribution in [0.4, 0.5) is 0 Å². The summed E-state index contributed by atoms with van der Waals surface area (Å²) in [6, 6.07) is 7.91. The van der Waals surface area contributed by atoms with Crippen LogP contribution in [0.1, 0.15) is 52.2 Å². The van der Waals surface area contributed by atoms with E-state index in [2.05, 4.69) is 15.0 Å². The summed E-state index contributed by atoms with van der Waals surface area (Å²) in [5.41, 5.74) is 2.27. The lowest BCUT2D eigenvalue weighted by molar-refractivity contribution is 0.0691. The summed E-state index contributed by atoms with van der Waals surface area (Å²) in [6.07, 6.45) is 7.44. The molecule has 1 aliphatic rings. The topological polar surface area (TPSA) is 81.4 Å². The molecular formula is C22H24N4O3. The highest BCUT2D eigenvalue weighted by molar-refractivity contribution is 5.92. The smallest absolute Gasteiger partial charge is 0.274 e. The molecule has 0 N–H and O–H groups in total. The molecule has 150 valence electrons. The van der Waals surface area contributed by atoms with Gasteiger partial charge in [0.25, 0.3) is 5.91 Å². The second-order valence-electron chi connectivity index (χ2n) is 7.33. The number of rotatable bonds is 5. The molecule has 1 aromatic carbocycles. The van der Waals surface area contributed by atoms with Gasteiger partial charge in [0, 0.05) is 25.7 Å². The molecule has 0 bridgehead atoms. The minimum atomic E-state index is -0.0923. The number of aromatic nitrogens is 3. The van der Waals surface area contributed by atoms with Gasteiger partial charge >= 0.3 is 0 Å². The van der Waals surface area contributed by atoms with Gasteiger partial charge in [0.2, 0.25) is 0 Å². The van der Waals surface area contributed by atoms with Crippen LogP contribution in [0, 0.1) is 6.92 Å². The van der Waals surface area contributed by atoms with Crippen molar-refractivity contribution in [2.24, 2.45) is 0 Å². The van der Waals surface area contributed by atoms with Crippen molar-refractivity contribution < 1.29 is 13.9 Å². The van der Waals surface area contributed by atoms with E-state index in [9.17, 15) is 4.79 Å². The normalized spacial score (nSPS) is 16.6. The van der Waals surface area contributed by atoms with E-state index >= 15 is 0 Å². The summed E-state index contributed by atoms with van der Waals surface area (Å²) in [7, 11) is 1.66. The Labute approximate surface area is 169 Å². The maximum atomic E-state index is 12.8. The SMILES string of the molecule is COc1cccc(Cc2cnc([C@H]3CCCN(C(=O)c4cnc(C)cn4)C3)o2)c1. The fraction of sp³-hybridized carbons (Fsp3) is 0.364. The quantitative estimate of drug-likeness (QED) is 0.662. The van der Waals surface area contributed by atoms with Crippen LogP contribution in [0.15, 0.2) is 47.3 Å². The number of piperidine rings is 1. The summed E-state index contributed by atoms with van der Waals surface area (Å²) in [4.78, 5) is 27.5. The maximum Gasteiger partial charge on any atom is 0.274 e. The molecule has 1 amide bonds. The van der Waals surface area contributed by atoms with Crippen LogP contribution < -0.4 is 4.74 Å². The van der Waals surface area contributed by atoms with Crippen molar-refractivity contribution in [2.45, 2.75) is 32.1 Å². The standard InChI is InChI=1S/C22H24N4O3/c1-15-11-24-20(13-23-15)22(27)26-8-4-6-17(14-26)21-25-12-19(29-21)10-16-5-3-7-18(9-16)28-2/h3,5,7,9,11-13,17H,4,6,8,10,14H2,1-2H3/t17-/m0/s1. The van der Waals surface area contributed by atoms with Crippen molar-refractivity contribution in [2.75, 3.05) is 20.2 Å². The van der Waals surface area contributed by atoms with Crippen LogP contribution in [0.3, 0.4) is 0 Å². The molecule has 1 aliphatic heterocycles. The van der Waals surface area contributed by atoms with Gasteiger partial charge in [0.05, 0.1) is 31.1 Å². The number of hydrogen-bond donors (Lipinski definition) is 0. The van der Waals surface area contributed by atoms with Crippen molar-refractivity contribution in [3.63, 3.8) is 0 Å². The van der Waals surface area contributed by atoms with E-state index in [1.807, 2.05) is 36.1 Å². The Balaban J connectivity index is 1.43. The van der Waals surface area contributed by atoms with E-state index in [1.165, 1.54) is 0 Å². The second kappa shape index (κ2) is 8.43. The number of oxazole rings is 1. The highest BCUT2D eigenvalue weighted by Crippen LogP contribution is 2.28. The average Bonchev–Trinajstić information content (AvgIpc) is 3.22. The maximum absolute atomic E-state index is 12.8. The molecule has 0 spiro atoms. The average molecular weight is 392 g/mol. The Hall–Kier alpha value is -3.22. The fourth-order valence-corrected chi connectivity index (χ4v) is 3.60. The summed E-state index contributed by atoms with van der Waals surface area (Å²) in [5.74, 6) is 2.31. The van der Waals surface area contributed by atoms with Crippen LogP contribution in [0.2, 0.25) is 0 Å². The van der Waals surface area contributed by atoms with E-state index in [4.69, 9.17) is 9.15 Å². The monoisotopic (exact) mass is 392 g/mol. The van der Waals surface area contributed by atoms with Crippen molar-refractivity contribution in [1.29, 1.82) is 0 Å². The minimum absolute atomic E-state index is 0.0881. The molecule has 1 atom stereocenters. The van der Waals surface area contributed by atoms with Gasteiger partial charge in [-0.05, 0) is 37.5 Å². The molecule has 4 rings (SSSR count). The summed E-state index contributed by atoms with van der Waals surface area (Å²) < 4.78 is 11.3. The van der Waals surface area contributed by atoms with Gasteiger partial charge in [-0.15, -0.1) is 0 Å². The first-order valence-electron chi connectivity index (χ1n) is 9.78. The lowest BCUT2D eigenvalue weighted by Gasteiger charge is -2.31. The van der Waals surface area contributed by atoms with Crippen molar-refractivity contribution in [3.05, 3.63) is 71.5 Å². The van der Waals surface area contributed by atoms with Crippen LogP contribution in [-0.2, 0) is 6.42 Å². The molecule has 2 aromatic heterocycles. The molecule has 0 radical (unpaired) electrons. The van der Waals surface area contributed by atoms with Crippen molar-refractivity contribution in [1.82, 2.24) is 19.9 Å². The van der Waals surface area contributed by atoms with Gasteiger partial charge in [-0.25, -0.2) is 9.97 Å². The summed E-state index contributed by atoms with van der Waals surface area (Å²) in [6.45, 7) is 3.14. The van der Waals surface area contributed by atoms with Crippen LogP contribution >= 0.6 is 0 Å². The number of carbonyl (C=O) groups is 1. The predicted molar refractivity (Wildman–Crippen MR) is 107 cm³/mol. The Bertz CT molecular complexity index is 984. The van der Waals surface area contributed by atoms with Crippen molar-refractivity contribution >= 4 is 5.91 Å². The van der Waals surface area contributed by atoms with Gasteiger partial charge in [-0.3, -0.25) is 9.78 Å². The molecule has 7 nitrogen and oxygen atoms in total. The van der Waals surface area contributed by atoms with Crippen molar-refractivity contribution in [3.8, 4) is 5.75 Å². The third-order valence-electron chi connectivity index (χ3n) is 5.14. The molecule has 0 saturated carbocycles. The van der Waals surface area contributed by atoms with Crippen LogP contribution in [0.5, 0.6) is 5.75 Å². The summed E-state index contributed by atoms with van der Waals surface area (Å²) in [5, 5.41) is 0. The Morgan fingerprint density at radius 1 is 1.24 bits per heavy atom. The van der Waals surface area contributed by atoms with E-state index in [0.29, 0.717) is 31.1 Å². The molecule has 0 unspecified atom stereocenters. The van der Waals surface area contributed by atoms with Gasteiger partial charge in [-0.2, -0.15) is 0 Å². The molecule has 29 heavy (non-hydrogen) atoms. The van der Waals surface area contributed by atoms with E-state index in [0.717, 1.165) is 35.6 Å². The number of likely N-dealkylation sites (tertiary alicyclic amines) is 1. The number of amides is 1. The third kappa shape index (κ3) is 4.45. The highest BCUT2D eigenvalue weighted by atomic mass is 16.5. The number of ether oxygens (including phenoxy) is 1.